The highest BCUT2D eigenvalue weighted by molar-refractivity contribution is 6.30. The summed E-state index contributed by atoms with van der Waals surface area (Å²) in [6, 6.07) is 8.41. The van der Waals surface area contributed by atoms with Crippen LogP contribution in [0.25, 0.3) is 0 Å². The molecule has 0 bridgehead atoms. The Kier molecular flexibility index (Phi) is 6.04. The third-order valence-electron chi connectivity index (χ3n) is 6.31. The fourth-order valence-corrected chi connectivity index (χ4v) is 4.50. The van der Waals surface area contributed by atoms with Crippen LogP contribution in [0.5, 0.6) is 0 Å². The first-order valence-electron chi connectivity index (χ1n) is 10.7. The number of ether oxygens (including phenoxy) is 1. The van der Waals surface area contributed by atoms with Gasteiger partial charge >= 0.3 is 5.97 Å². The minimum Gasteiger partial charge on any atom is -0.452 e. The number of carbonyl (C=O) groups is 4. The summed E-state index contributed by atoms with van der Waals surface area (Å²) in [5, 5.41) is 11.9. The Hall–Kier alpha value is -3.88. The molecule has 1 amide bonds. The summed E-state index contributed by atoms with van der Waals surface area (Å²) in [6.07, 6.45) is 4.94. The van der Waals surface area contributed by atoms with Gasteiger partial charge in [0.2, 0.25) is 5.78 Å². The number of likely N-dealkylation sites (N-methyl/N-ethyl adjacent to an activating group) is 1. The first-order valence-corrected chi connectivity index (χ1v) is 10.7. The highest BCUT2D eigenvalue weighted by Crippen LogP contribution is 2.35. The van der Waals surface area contributed by atoms with Crippen LogP contribution in [0.3, 0.4) is 0 Å². The van der Waals surface area contributed by atoms with Gasteiger partial charge in [0.25, 0.3) is 11.6 Å². The third kappa shape index (κ3) is 4.02. The normalized spacial score (nSPS) is 15.4. The van der Waals surface area contributed by atoms with Crippen molar-refractivity contribution < 1.29 is 28.8 Å². The van der Waals surface area contributed by atoms with Gasteiger partial charge in [-0.15, -0.1) is 0 Å². The minimum absolute atomic E-state index is 0.0351. The topological polar surface area (TPSA) is 124 Å². The molecular weight excluding hydrogens is 428 g/mol. The lowest BCUT2D eigenvalue weighted by atomic mass is 9.82. The van der Waals surface area contributed by atoms with E-state index in [1.54, 1.807) is 24.1 Å². The molecule has 0 aliphatic heterocycles. The first-order chi connectivity index (χ1) is 15.8. The number of hydrogen-bond acceptors (Lipinski definition) is 7. The second kappa shape index (κ2) is 8.93. The lowest BCUT2D eigenvalue weighted by Crippen LogP contribution is -2.40. The number of fused-ring (bicyclic) bond motifs is 2. The molecule has 4 rings (SSSR count). The van der Waals surface area contributed by atoms with Crippen LogP contribution < -0.4 is 0 Å². The maximum Gasteiger partial charge on any atom is 0.345 e. The SMILES string of the molecule is CN(C(=O)COC(=O)c1ccc2c(c1[N+](=O)[O-])C(=O)c1ccccc1C2=O)C1CCCCC1. The van der Waals surface area contributed by atoms with Crippen molar-refractivity contribution in [1.29, 1.82) is 0 Å². The van der Waals surface area contributed by atoms with Crippen molar-refractivity contribution >= 4 is 29.1 Å². The molecule has 0 saturated heterocycles. The molecule has 9 nitrogen and oxygen atoms in total. The molecule has 9 heteroatoms. The number of nitro benzene ring substituents is 1. The van der Waals surface area contributed by atoms with E-state index in [-0.39, 0.29) is 22.7 Å². The average Bonchev–Trinajstić information content (AvgIpc) is 2.84. The molecule has 2 aliphatic carbocycles. The number of hydrogen-bond donors (Lipinski definition) is 0. The van der Waals surface area contributed by atoms with Gasteiger partial charge in [0.1, 0.15) is 11.1 Å². The van der Waals surface area contributed by atoms with Crippen LogP contribution in [0.2, 0.25) is 0 Å². The number of ketones is 2. The second-order valence-electron chi connectivity index (χ2n) is 8.22. The molecule has 2 aromatic carbocycles. The molecule has 0 heterocycles. The summed E-state index contributed by atoms with van der Waals surface area (Å²) in [5.74, 6) is -2.76. The third-order valence-corrected chi connectivity index (χ3v) is 6.31. The number of amides is 1. The van der Waals surface area contributed by atoms with E-state index in [4.69, 9.17) is 4.74 Å². The zero-order valence-corrected chi connectivity index (χ0v) is 18.0. The van der Waals surface area contributed by atoms with E-state index in [1.165, 1.54) is 18.2 Å². The van der Waals surface area contributed by atoms with Gasteiger partial charge in [-0.2, -0.15) is 0 Å². The Morgan fingerprint density at radius 2 is 1.64 bits per heavy atom. The van der Waals surface area contributed by atoms with Crippen molar-refractivity contribution in [2.24, 2.45) is 0 Å². The van der Waals surface area contributed by atoms with Gasteiger partial charge in [0.15, 0.2) is 12.4 Å². The summed E-state index contributed by atoms with van der Waals surface area (Å²) >= 11 is 0. The summed E-state index contributed by atoms with van der Waals surface area (Å²) < 4.78 is 5.08. The number of esters is 1. The van der Waals surface area contributed by atoms with Crippen LogP contribution in [0.1, 0.15) is 74.3 Å². The van der Waals surface area contributed by atoms with Crippen molar-refractivity contribution in [2.75, 3.05) is 13.7 Å². The minimum atomic E-state index is -1.10. The molecule has 2 aromatic rings. The smallest absolute Gasteiger partial charge is 0.345 e. The molecule has 0 radical (unpaired) electrons. The molecule has 0 aromatic heterocycles. The van der Waals surface area contributed by atoms with Crippen molar-refractivity contribution in [3.8, 4) is 0 Å². The fraction of sp³-hybridized carbons (Fsp3) is 0.333. The monoisotopic (exact) mass is 450 g/mol. The standard InChI is InChI=1S/C24H22N2O7/c1-25(14-7-3-2-4-8-14)19(27)13-33-24(30)18-12-11-17-20(21(18)26(31)32)23(29)16-10-6-5-9-15(16)22(17)28/h5-6,9-12,14H,2-4,7-8,13H2,1H3. The van der Waals surface area contributed by atoms with Gasteiger partial charge in [-0.3, -0.25) is 24.5 Å². The van der Waals surface area contributed by atoms with Crippen molar-refractivity contribution in [2.45, 2.75) is 38.1 Å². The van der Waals surface area contributed by atoms with Gasteiger partial charge in [-0.05, 0) is 25.0 Å². The van der Waals surface area contributed by atoms with Gasteiger partial charge in [0.05, 0.1) is 4.92 Å². The predicted octanol–water partition coefficient (Wildman–Crippen LogP) is 3.32. The summed E-state index contributed by atoms with van der Waals surface area (Å²) in [6.45, 7) is -0.574. The highest BCUT2D eigenvalue weighted by Gasteiger charge is 2.39. The number of rotatable bonds is 5. The van der Waals surface area contributed by atoms with E-state index in [2.05, 4.69) is 0 Å². The van der Waals surface area contributed by atoms with E-state index in [9.17, 15) is 29.3 Å². The van der Waals surface area contributed by atoms with Crippen molar-refractivity contribution in [1.82, 2.24) is 4.90 Å². The van der Waals surface area contributed by atoms with Crippen LogP contribution >= 0.6 is 0 Å². The molecule has 2 aliphatic rings. The summed E-state index contributed by atoms with van der Waals surface area (Å²) in [5.41, 5.74) is -1.67. The van der Waals surface area contributed by atoms with Crippen LogP contribution in [-0.4, -0.2) is 53.0 Å². The first kappa shape index (κ1) is 22.3. The molecule has 0 unspecified atom stereocenters. The Balaban J connectivity index is 1.60. The summed E-state index contributed by atoms with van der Waals surface area (Å²) in [7, 11) is 1.65. The van der Waals surface area contributed by atoms with Gasteiger partial charge in [-0.1, -0.05) is 43.5 Å². The molecule has 1 saturated carbocycles. The van der Waals surface area contributed by atoms with E-state index in [0.717, 1.165) is 38.2 Å². The largest absolute Gasteiger partial charge is 0.452 e. The zero-order valence-electron chi connectivity index (χ0n) is 18.0. The van der Waals surface area contributed by atoms with Crippen LogP contribution in [0, 0.1) is 10.1 Å². The van der Waals surface area contributed by atoms with Crippen LogP contribution in [0.4, 0.5) is 5.69 Å². The second-order valence-corrected chi connectivity index (χ2v) is 8.22. The molecular formula is C24H22N2O7. The molecule has 33 heavy (non-hydrogen) atoms. The zero-order chi connectivity index (χ0) is 23.7. The molecule has 170 valence electrons. The lowest BCUT2D eigenvalue weighted by molar-refractivity contribution is -0.385. The summed E-state index contributed by atoms with van der Waals surface area (Å²) in [4.78, 5) is 63.6. The lowest BCUT2D eigenvalue weighted by Gasteiger charge is -2.31. The van der Waals surface area contributed by atoms with Gasteiger partial charge in [0, 0.05) is 29.8 Å². The van der Waals surface area contributed by atoms with Gasteiger partial charge in [-0.25, -0.2) is 4.79 Å². The van der Waals surface area contributed by atoms with E-state index >= 15 is 0 Å². The number of carbonyl (C=O) groups excluding carboxylic acids is 4. The Morgan fingerprint density at radius 3 is 2.27 bits per heavy atom. The number of benzene rings is 2. The van der Waals surface area contributed by atoms with Crippen LogP contribution in [0.15, 0.2) is 36.4 Å². The molecule has 0 atom stereocenters. The van der Waals surface area contributed by atoms with E-state index in [1.807, 2.05) is 0 Å². The van der Waals surface area contributed by atoms with Crippen molar-refractivity contribution in [3.05, 3.63) is 74.3 Å². The Bertz CT molecular complexity index is 1180. The number of nitrogens with zero attached hydrogens (tertiary/aromatic N) is 2. The Morgan fingerprint density at radius 1 is 1.00 bits per heavy atom. The molecule has 0 spiro atoms. The quantitative estimate of drug-likeness (QED) is 0.332. The Labute approximate surface area is 189 Å². The number of nitro groups is 1. The van der Waals surface area contributed by atoms with E-state index < -0.39 is 51.8 Å². The maximum absolute atomic E-state index is 13.0. The van der Waals surface area contributed by atoms with Crippen LogP contribution in [-0.2, 0) is 9.53 Å². The maximum atomic E-state index is 13.0. The molecule has 0 N–H and O–H groups in total. The van der Waals surface area contributed by atoms with Gasteiger partial charge < -0.3 is 9.64 Å². The predicted molar refractivity (Wildman–Crippen MR) is 116 cm³/mol. The van der Waals surface area contributed by atoms with E-state index in [0.29, 0.717) is 0 Å². The highest BCUT2D eigenvalue weighted by atomic mass is 16.6. The van der Waals surface area contributed by atoms with Crippen molar-refractivity contribution in [3.63, 3.8) is 0 Å². The molecule has 1 fully saturated rings. The fourth-order valence-electron chi connectivity index (χ4n) is 4.50. The average molecular weight is 450 g/mol.